The lowest BCUT2D eigenvalue weighted by atomic mass is 10.1. The van der Waals surface area contributed by atoms with Crippen molar-refractivity contribution in [2.75, 3.05) is 38.0 Å². The average Bonchev–Trinajstić information content (AvgIpc) is 2.88. The molecule has 3 aromatic rings. The number of anilines is 1. The van der Waals surface area contributed by atoms with E-state index >= 15 is 0 Å². The third kappa shape index (κ3) is 6.83. The Kier molecular flexibility index (Phi) is 8.17. The summed E-state index contributed by atoms with van der Waals surface area (Å²) in [5.41, 5.74) is 3.38. The summed E-state index contributed by atoms with van der Waals surface area (Å²) in [4.78, 5) is 29.2. The fraction of sp³-hybridized carbons (Fsp3) is 0.259. The second-order valence-electron chi connectivity index (χ2n) is 8.27. The smallest absolute Gasteiger partial charge is 0.411 e. The third-order valence-electron chi connectivity index (χ3n) is 5.88. The van der Waals surface area contributed by atoms with Crippen LogP contribution in [0.3, 0.4) is 0 Å². The number of nitrogens with one attached hydrogen (secondary N) is 1. The molecule has 4 rings (SSSR count). The van der Waals surface area contributed by atoms with Gasteiger partial charge in [0.2, 0.25) is 0 Å². The number of hydrogen-bond acceptors (Lipinski definition) is 4. The quantitative estimate of drug-likeness (QED) is 0.515. The minimum absolute atomic E-state index is 0.00977. The number of ether oxygens (including phenoxy) is 1. The van der Waals surface area contributed by atoms with Crippen molar-refractivity contribution in [1.29, 1.82) is 0 Å². The van der Waals surface area contributed by atoms with Crippen LogP contribution in [0.25, 0.3) is 0 Å². The normalized spacial score (nSPS) is 14.0. The number of amides is 2. The average molecular weight is 478 g/mol. The number of piperazine rings is 1. The number of benzene rings is 3. The number of carbonyl (C=O) groups excluding carboxylic acids is 2. The predicted octanol–water partition coefficient (Wildman–Crippen LogP) is 5.09. The molecule has 0 atom stereocenters. The number of carbonyl (C=O) groups is 2. The molecule has 6 nitrogen and oxygen atoms in total. The van der Waals surface area contributed by atoms with E-state index < -0.39 is 6.09 Å². The van der Waals surface area contributed by atoms with Crippen molar-refractivity contribution in [2.24, 2.45) is 0 Å². The monoisotopic (exact) mass is 477 g/mol. The fourth-order valence-corrected chi connectivity index (χ4v) is 3.99. The summed E-state index contributed by atoms with van der Waals surface area (Å²) in [6, 6.07) is 24.4. The Morgan fingerprint density at radius 2 is 1.50 bits per heavy atom. The lowest BCUT2D eigenvalue weighted by Crippen LogP contribution is -2.49. The fourth-order valence-electron chi connectivity index (χ4n) is 3.87. The SMILES string of the molecule is O=C(Nc1ccc(C(=O)N2CCN(CCc3ccc(Cl)cc3)CC2)cc1)OCc1ccccc1. The molecular weight excluding hydrogens is 450 g/mol. The summed E-state index contributed by atoms with van der Waals surface area (Å²) in [6.07, 6.45) is 0.436. The number of halogens is 1. The van der Waals surface area contributed by atoms with E-state index in [0.29, 0.717) is 24.3 Å². The molecule has 1 N–H and O–H groups in total. The van der Waals surface area contributed by atoms with Gasteiger partial charge >= 0.3 is 6.09 Å². The van der Waals surface area contributed by atoms with Crippen LogP contribution >= 0.6 is 11.6 Å². The second kappa shape index (κ2) is 11.7. The van der Waals surface area contributed by atoms with Crippen LogP contribution in [-0.2, 0) is 17.8 Å². The molecule has 0 aromatic heterocycles. The van der Waals surface area contributed by atoms with E-state index in [4.69, 9.17) is 16.3 Å². The Balaban J connectivity index is 1.20. The maximum atomic E-state index is 12.9. The zero-order chi connectivity index (χ0) is 23.8. The zero-order valence-electron chi connectivity index (χ0n) is 19.0. The molecule has 7 heteroatoms. The van der Waals surface area contributed by atoms with E-state index in [0.717, 1.165) is 36.6 Å². The van der Waals surface area contributed by atoms with Crippen molar-refractivity contribution in [3.05, 3.63) is 101 Å². The molecule has 1 saturated heterocycles. The molecule has 1 aliphatic rings. The molecule has 34 heavy (non-hydrogen) atoms. The summed E-state index contributed by atoms with van der Waals surface area (Å²) in [6.45, 7) is 4.27. The molecule has 1 fully saturated rings. The van der Waals surface area contributed by atoms with Gasteiger partial charge in [-0.3, -0.25) is 15.0 Å². The molecule has 3 aromatic carbocycles. The maximum Gasteiger partial charge on any atom is 0.411 e. The summed E-state index contributed by atoms with van der Waals surface area (Å²) >= 11 is 5.95. The van der Waals surface area contributed by atoms with Crippen LogP contribution in [0.1, 0.15) is 21.5 Å². The van der Waals surface area contributed by atoms with Crippen molar-refractivity contribution in [3.63, 3.8) is 0 Å². The Morgan fingerprint density at radius 1 is 0.824 bits per heavy atom. The Morgan fingerprint density at radius 3 is 2.18 bits per heavy atom. The first-order valence-electron chi connectivity index (χ1n) is 11.4. The zero-order valence-corrected chi connectivity index (χ0v) is 19.7. The van der Waals surface area contributed by atoms with Gasteiger partial charge < -0.3 is 9.64 Å². The molecule has 2 amide bonds. The van der Waals surface area contributed by atoms with Gasteiger partial charge in [-0.1, -0.05) is 54.1 Å². The highest BCUT2D eigenvalue weighted by atomic mass is 35.5. The van der Waals surface area contributed by atoms with Gasteiger partial charge in [0.25, 0.3) is 5.91 Å². The van der Waals surface area contributed by atoms with E-state index in [9.17, 15) is 9.59 Å². The van der Waals surface area contributed by atoms with Gasteiger partial charge in [-0.2, -0.15) is 0 Å². The number of rotatable bonds is 7. The molecular formula is C27H28ClN3O3. The molecule has 0 spiro atoms. The van der Waals surface area contributed by atoms with Crippen LogP contribution in [0.4, 0.5) is 10.5 Å². The Bertz CT molecular complexity index is 1080. The van der Waals surface area contributed by atoms with Gasteiger partial charge in [-0.05, 0) is 53.9 Å². The molecule has 1 aliphatic heterocycles. The van der Waals surface area contributed by atoms with Crippen molar-refractivity contribution >= 4 is 29.3 Å². The van der Waals surface area contributed by atoms with E-state index in [2.05, 4.69) is 22.3 Å². The van der Waals surface area contributed by atoms with Crippen LogP contribution in [-0.4, -0.2) is 54.5 Å². The first-order valence-corrected chi connectivity index (χ1v) is 11.8. The molecule has 0 saturated carbocycles. The molecule has 0 aliphatic carbocycles. The standard InChI is InChI=1S/C27H28ClN3O3/c28-24-10-6-21(7-11-24)14-15-30-16-18-31(19-17-30)26(32)23-8-12-25(13-9-23)29-27(33)34-20-22-4-2-1-3-5-22/h1-13H,14-20H2,(H,29,33). The topological polar surface area (TPSA) is 61.9 Å². The van der Waals surface area contributed by atoms with Crippen LogP contribution < -0.4 is 5.32 Å². The highest BCUT2D eigenvalue weighted by Crippen LogP contribution is 2.15. The lowest BCUT2D eigenvalue weighted by molar-refractivity contribution is 0.0638. The van der Waals surface area contributed by atoms with Gasteiger partial charge in [0.1, 0.15) is 6.61 Å². The number of nitrogens with zero attached hydrogens (tertiary/aromatic N) is 2. The first kappa shape index (κ1) is 23.8. The minimum Gasteiger partial charge on any atom is -0.444 e. The van der Waals surface area contributed by atoms with E-state index in [1.165, 1.54) is 5.56 Å². The molecule has 1 heterocycles. The van der Waals surface area contributed by atoms with Crippen molar-refractivity contribution in [3.8, 4) is 0 Å². The molecule has 0 radical (unpaired) electrons. The minimum atomic E-state index is -0.530. The maximum absolute atomic E-state index is 12.9. The Hall–Kier alpha value is -3.35. The summed E-state index contributed by atoms with van der Waals surface area (Å²) < 4.78 is 5.23. The lowest BCUT2D eigenvalue weighted by Gasteiger charge is -2.34. The second-order valence-corrected chi connectivity index (χ2v) is 8.71. The molecule has 0 bridgehead atoms. The highest BCUT2D eigenvalue weighted by molar-refractivity contribution is 6.30. The summed E-state index contributed by atoms with van der Waals surface area (Å²) in [5, 5.41) is 3.45. The van der Waals surface area contributed by atoms with Gasteiger partial charge in [0.05, 0.1) is 0 Å². The van der Waals surface area contributed by atoms with E-state index in [-0.39, 0.29) is 12.5 Å². The van der Waals surface area contributed by atoms with Gasteiger partial charge in [0, 0.05) is 49.0 Å². The molecule has 0 unspecified atom stereocenters. The number of hydrogen-bond donors (Lipinski definition) is 1. The van der Waals surface area contributed by atoms with Gasteiger partial charge in [-0.15, -0.1) is 0 Å². The first-order chi connectivity index (χ1) is 16.6. The van der Waals surface area contributed by atoms with Crippen molar-refractivity contribution < 1.29 is 14.3 Å². The van der Waals surface area contributed by atoms with E-state index in [1.54, 1.807) is 24.3 Å². The van der Waals surface area contributed by atoms with Gasteiger partial charge in [-0.25, -0.2) is 4.79 Å². The summed E-state index contributed by atoms with van der Waals surface area (Å²) in [7, 11) is 0. The van der Waals surface area contributed by atoms with Crippen molar-refractivity contribution in [2.45, 2.75) is 13.0 Å². The van der Waals surface area contributed by atoms with Crippen molar-refractivity contribution in [1.82, 2.24) is 9.80 Å². The van der Waals surface area contributed by atoms with Crippen LogP contribution in [0.15, 0.2) is 78.9 Å². The highest BCUT2D eigenvalue weighted by Gasteiger charge is 2.22. The Labute approximate surface area is 205 Å². The third-order valence-corrected chi connectivity index (χ3v) is 6.13. The largest absolute Gasteiger partial charge is 0.444 e. The van der Waals surface area contributed by atoms with Crippen LogP contribution in [0.5, 0.6) is 0 Å². The van der Waals surface area contributed by atoms with Crippen LogP contribution in [0, 0.1) is 0 Å². The molecule has 176 valence electrons. The van der Waals surface area contributed by atoms with Crippen LogP contribution in [0.2, 0.25) is 5.02 Å². The van der Waals surface area contributed by atoms with Gasteiger partial charge in [0.15, 0.2) is 0 Å². The van der Waals surface area contributed by atoms with E-state index in [1.807, 2.05) is 47.4 Å². The summed E-state index contributed by atoms with van der Waals surface area (Å²) in [5.74, 6) is 0.00977. The predicted molar refractivity (Wildman–Crippen MR) is 134 cm³/mol.